The lowest BCUT2D eigenvalue weighted by molar-refractivity contribution is 0.211. The van der Waals surface area contributed by atoms with Gasteiger partial charge in [0.05, 0.1) is 11.8 Å². The van der Waals surface area contributed by atoms with E-state index in [2.05, 4.69) is 62.3 Å². The van der Waals surface area contributed by atoms with Crippen molar-refractivity contribution in [3.8, 4) is 5.88 Å². The highest BCUT2D eigenvalue weighted by Gasteiger charge is 2.10. The summed E-state index contributed by atoms with van der Waals surface area (Å²) in [4.78, 5) is 4.68. The van der Waals surface area contributed by atoms with Gasteiger partial charge in [0.1, 0.15) is 0 Å². The van der Waals surface area contributed by atoms with Crippen LogP contribution >= 0.6 is 0 Å². The van der Waals surface area contributed by atoms with Crippen molar-refractivity contribution in [1.29, 1.82) is 0 Å². The molecule has 1 N–H and O–H groups in total. The largest absolute Gasteiger partial charge is 0.474 e. The predicted octanol–water partition coefficient (Wildman–Crippen LogP) is 3.91. The van der Waals surface area contributed by atoms with Crippen LogP contribution in [0.3, 0.4) is 0 Å². The SMILES string of the molecule is CCC(C)Oc1nc(CNC(C)C)cc2ccccc12. The Labute approximate surface area is 121 Å². The Bertz CT molecular complexity index is 566. The number of benzene rings is 1. The number of fused-ring (bicyclic) bond motifs is 1. The van der Waals surface area contributed by atoms with Crippen molar-refractivity contribution in [3.05, 3.63) is 36.0 Å². The van der Waals surface area contributed by atoms with Gasteiger partial charge >= 0.3 is 0 Å². The topological polar surface area (TPSA) is 34.1 Å². The fraction of sp³-hybridized carbons (Fsp3) is 0.471. The maximum atomic E-state index is 5.99. The number of nitrogens with one attached hydrogen (secondary N) is 1. The summed E-state index contributed by atoms with van der Waals surface area (Å²) >= 11 is 0. The molecule has 0 fully saturated rings. The van der Waals surface area contributed by atoms with Gasteiger partial charge in [-0.2, -0.15) is 0 Å². The fourth-order valence-corrected chi connectivity index (χ4v) is 1.98. The average molecular weight is 272 g/mol. The van der Waals surface area contributed by atoms with Crippen molar-refractivity contribution in [2.24, 2.45) is 0 Å². The fourth-order valence-electron chi connectivity index (χ4n) is 1.98. The third-order valence-corrected chi connectivity index (χ3v) is 3.34. The Balaban J connectivity index is 2.35. The molecule has 1 aromatic heterocycles. The van der Waals surface area contributed by atoms with E-state index in [1.807, 2.05) is 6.07 Å². The number of hydrogen-bond donors (Lipinski definition) is 1. The minimum Gasteiger partial charge on any atom is -0.474 e. The summed E-state index contributed by atoms with van der Waals surface area (Å²) in [5.74, 6) is 0.748. The minimum absolute atomic E-state index is 0.180. The molecule has 0 aliphatic carbocycles. The summed E-state index contributed by atoms with van der Waals surface area (Å²) in [6.07, 6.45) is 1.16. The van der Waals surface area contributed by atoms with Gasteiger partial charge in [0.25, 0.3) is 0 Å². The van der Waals surface area contributed by atoms with Crippen LogP contribution in [0.4, 0.5) is 0 Å². The van der Waals surface area contributed by atoms with Gasteiger partial charge in [-0.3, -0.25) is 0 Å². The van der Waals surface area contributed by atoms with Crippen LogP contribution in [0.25, 0.3) is 10.8 Å². The predicted molar refractivity (Wildman–Crippen MR) is 84.1 cm³/mol. The number of nitrogens with zero attached hydrogens (tertiary/aromatic N) is 1. The molecule has 0 amide bonds. The Hall–Kier alpha value is -1.61. The van der Waals surface area contributed by atoms with E-state index in [9.17, 15) is 0 Å². The molecule has 1 aromatic carbocycles. The molecule has 1 heterocycles. The number of ether oxygens (including phenoxy) is 1. The molecule has 1 atom stereocenters. The first kappa shape index (κ1) is 14.8. The first-order chi connectivity index (χ1) is 9.60. The first-order valence-electron chi connectivity index (χ1n) is 7.38. The van der Waals surface area contributed by atoms with Gasteiger partial charge in [-0.1, -0.05) is 39.0 Å². The summed E-state index contributed by atoms with van der Waals surface area (Å²) in [5, 5.41) is 5.67. The molecule has 0 aliphatic heterocycles. The van der Waals surface area contributed by atoms with Gasteiger partial charge in [-0.25, -0.2) is 4.98 Å². The van der Waals surface area contributed by atoms with E-state index in [0.717, 1.165) is 29.9 Å². The van der Waals surface area contributed by atoms with E-state index >= 15 is 0 Å². The van der Waals surface area contributed by atoms with E-state index in [4.69, 9.17) is 4.74 Å². The molecule has 1 unspecified atom stereocenters. The maximum absolute atomic E-state index is 5.99. The Morgan fingerprint density at radius 2 is 1.95 bits per heavy atom. The van der Waals surface area contributed by atoms with Gasteiger partial charge in [0, 0.05) is 18.0 Å². The zero-order chi connectivity index (χ0) is 14.5. The van der Waals surface area contributed by atoms with Crippen molar-refractivity contribution < 1.29 is 4.74 Å². The molecule has 3 heteroatoms. The molecular formula is C17H24N2O. The summed E-state index contributed by atoms with van der Waals surface area (Å²) in [7, 11) is 0. The molecule has 2 rings (SSSR count). The van der Waals surface area contributed by atoms with E-state index in [-0.39, 0.29) is 6.10 Å². The smallest absolute Gasteiger partial charge is 0.221 e. The van der Waals surface area contributed by atoms with Crippen molar-refractivity contribution in [2.75, 3.05) is 0 Å². The highest BCUT2D eigenvalue weighted by molar-refractivity contribution is 5.87. The quantitative estimate of drug-likeness (QED) is 0.865. The lowest BCUT2D eigenvalue weighted by Crippen LogP contribution is -2.22. The molecule has 0 saturated carbocycles. The van der Waals surface area contributed by atoms with Gasteiger partial charge in [0.15, 0.2) is 0 Å². The molecule has 20 heavy (non-hydrogen) atoms. The highest BCUT2D eigenvalue weighted by Crippen LogP contribution is 2.25. The molecular weight excluding hydrogens is 248 g/mol. The normalized spacial score (nSPS) is 12.8. The van der Waals surface area contributed by atoms with Crippen molar-refractivity contribution in [1.82, 2.24) is 10.3 Å². The maximum Gasteiger partial charge on any atom is 0.221 e. The number of hydrogen-bond acceptors (Lipinski definition) is 3. The third kappa shape index (κ3) is 3.70. The Morgan fingerprint density at radius 3 is 2.65 bits per heavy atom. The second-order valence-corrected chi connectivity index (χ2v) is 5.51. The van der Waals surface area contributed by atoms with Crippen LogP contribution in [0.5, 0.6) is 5.88 Å². The second-order valence-electron chi connectivity index (χ2n) is 5.51. The standard InChI is InChI=1S/C17H24N2O/c1-5-13(4)20-17-16-9-7-6-8-14(16)10-15(19-17)11-18-12(2)3/h6-10,12-13,18H,5,11H2,1-4H3. The molecule has 0 radical (unpaired) electrons. The third-order valence-electron chi connectivity index (χ3n) is 3.34. The van der Waals surface area contributed by atoms with Crippen LogP contribution in [0, 0.1) is 0 Å². The zero-order valence-corrected chi connectivity index (χ0v) is 12.8. The molecule has 0 saturated heterocycles. The van der Waals surface area contributed by atoms with Crippen molar-refractivity contribution in [2.45, 2.75) is 52.8 Å². The van der Waals surface area contributed by atoms with E-state index in [0.29, 0.717) is 6.04 Å². The lowest BCUT2D eigenvalue weighted by Gasteiger charge is -2.15. The Morgan fingerprint density at radius 1 is 1.20 bits per heavy atom. The summed E-state index contributed by atoms with van der Waals surface area (Å²) < 4.78 is 5.99. The van der Waals surface area contributed by atoms with Gasteiger partial charge in [-0.05, 0) is 30.9 Å². The monoisotopic (exact) mass is 272 g/mol. The van der Waals surface area contributed by atoms with E-state index in [1.165, 1.54) is 5.39 Å². The lowest BCUT2D eigenvalue weighted by atomic mass is 10.1. The van der Waals surface area contributed by atoms with Crippen molar-refractivity contribution in [3.63, 3.8) is 0 Å². The summed E-state index contributed by atoms with van der Waals surface area (Å²) in [5.41, 5.74) is 1.02. The molecule has 108 valence electrons. The average Bonchev–Trinajstić information content (AvgIpc) is 2.45. The molecule has 3 nitrogen and oxygen atoms in total. The first-order valence-corrected chi connectivity index (χ1v) is 7.38. The van der Waals surface area contributed by atoms with Crippen LogP contribution < -0.4 is 10.1 Å². The van der Waals surface area contributed by atoms with Gasteiger partial charge in [-0.15, -0.1) is 0 Å². The number of aromatic nitrogens is 1. The van der Waals surface area contributed by atoms with Gasteiger partial charge in [0.2, 0.25) is 5.88 Å². The Kier molecular flexibility index (Phi) is 4.96. The van der Waals surface area contributed by atoms with E-state index in [1.54, 1.807) is 0 Å². The van der Waals surface area contributed by atoms with Crippen LogP contribution in [-0.4, -0.2) is 17.1 Å². The number of pyridine rings is 1. The van der Waals surface area contributed by atoms with Crippen LogP contribution in [0.15, 0.2) is 30.3 Å². The summed E-state index contributed by atoms with van der Waals surface area (Å²) in [6, 6.07) is 10.8. The van der Waals surface area contributed by atoms with Crippen LogP contribution in [-0.2, 0) is 6.54 Å². The van der Waals surface area contributed by atoms with Crippen molar-refractivity contribution >= 4 is 10.8 Å². The van der Waals surface area contributed by atoms with Crippen LogP contribution in [0.2, 0.25) is 0 Å². The van der Waals surface area contributed by atoms with Crippen LogP contribution in [0.1, 0.15) is 39.8 Å². The molecule has 0 bridgehead atoms. The second kappa shape index (κ2) is 6.71. The van der Waals surface area contributed by atoms with Gasteiger partial charge < -0.3 is 10.1 Å². The molecule has 2 aromatic rings. The number of rotatable bonds is 6. The molecule has 0 spiro atoms. The zero-order valence-electron chi connectivity index (χ0n) is 12.8. The highest BCUT2D eigenvalue weighted by atomic mass is 16.5. The molecule has 0 aliphatic rings. The minimum atomic E-state index is 0.180. The van der Waals surface area contributed by atoms with E-state index < -0.39 is 0 Å². The summed E-state index contributed by atoms with van der Waals surface area (Å²) in [6.45, 7) is 9.24.